The smallest absolute Gasteiger partial charge is 0.224 e. The predicted molar refractivity (Wildman–Crippen MR) is 81.6 cm³/mol. The Bertz CT molecular complexity index is 665. The molecule has 21 heavy (non-hydrogen) atoms. The Morgan fingerprint density at radius 1 is 1.19 bits per heavy atom. The first-order chi connectivity index (χ1) is 10.2. The van der Waals surface area contributed by atoms with Crippen LogP contribution < -0.4 is 10.1 Å². The molecule has 0 saturated carbocycles. The molecule has 0 radical (unpaired) electrons. The van der Waals surface area contributed by atoms with E-state index in [0.29, 0.717) is 11.3 Å². The number of hydrogen-bond donors (Lipinski definition) is 1. The van der Waals surface area contributed by atoms with Crippen molar-refractivity contribution in [2.45, 2.75) is 6.42 Å². The second-order valence-corrected chi connectivity index (χ2v) is 4.58. The topological polar surface area (TPSA) is 55.4 Å². The maximum absolute atomic E-state index is 11.6. The number of benzene rings is 2. The predicted octanol–water partition coefficient (Wildman–Crippen LogP) is 2.46. The Hall–Kier alpha value is -2.62. The molecule has 0 aliphatic carbocycles. The Balaban J connectivity index is 2.51. The fourth-order valence-corrected chi connectivity index (χ4v) is 2.21. The van der Waals surface area contributed by atoms with Crippen LogP contribution in [0.1, 0.15) is 15.9 Å². The molecule has 108 valence electrons. The van der Waals surface area contributed by atoms with Crippen LogP contribution in [0.25, 0.3) is 11.1 Å². The van der Waals surface area contributed by atoms with Crippen molar-refractivity contribution < 1.29 is 14.3 Å². The number of likely N-dealkylation sites (N-methyl/N-ethyl adjacent to an activating group) is 1. The minimum absolute atomic E-state index is 0.0661. The van der Waals surface area contributed by atoms with Gasteiger partial charge in [0.15, 0.2) is 6.29 Å². The van der Waals surface area contributed by atoms with E-state index in [1.54, 1.807) is 26.3 Å². The van der Waals surface area contributed by atoms with E-state index in [2.05, 4.69) is 5.32 Å². The van der Waals surface area contributed by atoms with Crippen LogP contribution in [0.2, 0.25) is 0 Å². The number of rotatable bonds is 5. The van der Waals surface area contributed by atoms with Crippen molar-refractivity contribution in [3.8, 4) is 16.9 Å². The van der Waals surface area contributed by atoms with Crippen LogP contribution in [0.15, 0.2) is 42.5 Å². The van der Waals surface area contributed by atoms with Gasteiger partial charge in [0.05, 0.1) is 13.5 Å². The van der Waals surface area contributed by atoms with E-state index in [1.807, 2.05) is 30.3 Å². The SMILES string of the molecule is CNC(=O)Cc1ccccc1-c1ccc(OC)cc1C=O. The number of ether oxygens (including phenoxy) is 1. The standard InChI is InChI=1S/C17H17NO3/c1-18-17(20)10-12-5-3-4-6-15(12)16-8-7-14(21-2)9-13(16)11-19/h3-9,11H,10H2,1-2H3,(H,18,20). The first-order valence-electron chi connectivity index (χ1n) is 6.61. The summed E-state index contributed by atoms with van der Waals surface area (Å²) in [5, 5.41) is 2.61. The lowest BCUT2D eigenvalue weighted by molar-refractivity contribution is -0.119. The van der Waals surface area contributed by atoms with Gasteiger partial charge in [-0.25, -0.2) is 0 Å². The van der Waals surface area contributed by atoms with Crippen LogP contribution in [0.5, 0.6) is 5.75 Å². The number of aldehydes is 1. The van der Waals surface area contributed by atoms with Gasteiger partial charge in [-0.2, -0.15) is 0 Å². The first kappa shape index (κ1) is 14.8. The van der Waals surface area contributed by atoms with E-state index in [9.17, 15) is 9.59 Å². The van der Waals surface area contributed by atoms with Gasteiger partial charge in [0.1, 0.15) is 5.75 Å². The molecule has 0 unspecified atom stereocenters. The largest absolute Gasteiger partial charge is 0.497 e. The van der Waals surface area contributed by atoms with Gasteiger partial charge in [-0.3, -0.25) is 9.59 Å². The van der Waals surface area contributed by atoms with Gasteiger partial charge in [-0.05, 0) is 34.9 Å². The zero-order valence-electron chi connectivity index (χ0n) is 12.1. The summed E-state index contributed by atoms with van der Waals surface area (Å²) < 4.78 is 5.14. The second kappa shape index (κ2) is 6.70. The van der Waals surface area contributed by atoms with E-state index in [-0.39, 0.29) is 12.3 Å². The molecule has 1 N–H and O–H groups in total. The summed E-state index contributed by atoms with van der Waals surface area (Å²) in [7, 11) is 3.16. The third-order valence-corrected chi connectivity index (χ3v) is 3.32. The molecular weight excluding hydrogens is 266 g/mol. The van der Waals surface area contributed by atoms with Gasteiger partial charge < -0.3 is 10.1 Å². The molecule has 2 aromatic carbocycles. The zero-order chi connectivity index (χ0) is 15.2. The molecule has 4 nitrogen and oxygen atoms in total. The summed E-state index contributed by atoms with van der Waals surface area (Å²) >= 11 is 0. The van der Waals surface area contributed by atoms with Crippen molar-refractivity contribution in [1.82, 2.24) is 5.32 Å². The second-order valence-electron chi connectivity index (χ2n) is 4.58. The molecule has 0 atom stereocenters. The van der Waals surface area contributed by atoms with Crippen LogP contribution in [0.3, 0.4) is 0 Å². The molecule has 0 saturated heterocycles. The monoisotopic (exact) mass is 283 g/mol. The molecule has 0 aliphatic rings. The van der Waals surface area contributed by atoms with Gasteiger partial charge in [-0.1, -0.05) is 24.3 Å². The number of carbonyl (C=O) groups is 2. The number of nitrogens with one attached hydrogen (secondary N) is 1. The van der Waals surface area contributed by atoms with Gasteiger partial charge in [0.2, 0.25) is 5.91 Å². The fourth-order valence-electron chi connectivity index (χ4n) is 2.21. The van der Waals surface area contributed by atoms with Crippen molar-refractivity contribution in [3.63, 3.8) is 0 Å². The molecule has 0 aromatic heterocycles. The maximum Gasteiger partial charge on any atom is 0.224 e. The lowest BCUT2D eigenvalue weighted by Gasteiger charge is -2.12. The molecule has 1 amide bonds. The van der Waals surface area contributed by atoms with E-state index in [1.165, 1.54) is 0 Å². The number of amides is 1. The van der Waals surface area contributed by atoms with Crippen molar-refractivity contribution >= 4 is 12.2 Å². The number of carbonyl (C=O) groups excluding carboxylic acids is 2. The number of hydrogen-bond acceptors (Lipinski definition) is 3. The highest BCUT2D eigenvalue weighted by molar-refractivity contribution is 5.90. The molecule has 0 heterocycles. The Labute approximate surface area is 123 Å². The normalized spacial score (nSPS) is 10.0. The summed E-state index contributed by atoms with van der Waals surface area (Å²) in [6.45, 7) is 0. The Kier molecular flexibility index (Phi) is 4.72. The molecule has 0 aliphatic heterocycles. The average Bonchev–Trinajstić information content (AvgIpc) is 2.54. The Morgan fingerprint density at radius 2 is 1.95 bits per heavy atom. The summed E-state index contributed by atoms with van der Waals surface area (Å²) in [4.78, 5) is 22.9. The Morgan fingerprint density at radius 3 is 2.62 bits per heavy atom. The lowest BCUT2D eigenvalue weighted by Crippen LogP contribution is -2.20. The number of methoxy groups -OCH3 is 1. The van der Waals surface area contributed by atoms with Gasteiger partial charge in [0, 0.05) is 12.6 Å². The molecule has 0 fully saturated rings. The minimum Gasteiger partial charge on any atom is -0.497 e. The fraction of sp³-hybridized carbons (Fsp3) is 0.176. The average molecular weight is 283 g/mol. The van der Waals surface area contributed by atoms with Crippen molar-refractivity contribution in [2.24, 2.45) is 0 Å². The van der Waals surface area contributed by atoms with Crippen molar-refractivity contribution in [3.05, 3.63) is 53.6 Å². The third-order valence-electron chi connectivity index (χ3n) is 3.32. The van der Waals surface area contributed by atoms with Crippen LogP contribution in [0, 0.1) is 0 Å². The molecule has 4 heteroatoms. The highest BCUT2D eigenvalue weighted by Crippen LogP contribution is 2.29. The highest BCUT2D eigenvalue weighted by atomic mass is 16.5. The van der Waals surface area contributed by atoms with Crippen LogP contribution in [-0.4, -0.2) is 26.4 Å². The summed E-state index contributed by atoms with van der Waals surface area (Å²) in [5.74, 6) is 0.563. The quantitative estimate of drug-likeness (QED) is 0.858. The molecular formula is C17H17NO3. The third kappa shape index (κ3) is 3.28. The summed E-state index contributed by atoms with van der Waals surface area (Å²) in [5.41, 5.74) is 3.10. The van der Waals surface area contributed by atoms with Crippen LogP contribution in [-0.2, 0) is 11.2 Å². The van der Waals surface area contributed by atoms with Crippen LogP contribution in [0.4, 0.5) is 0 Å². The van der Waals surface area contributed by atoms with E-state index >= 15 is 0 Å². The van der Waals surface area contributed by atoms with E-state index in [0.717, 1.165) is 23.0 Å². The van der Waals surface area contributed by atoms with Gasteiger partial charge in [-0.15, -0.1) is 0 Å². The highest BCUT2D eigenvalue weighted by Gasteiger charge is 2.12. The summed E-state index contributed by atoms with van der Waals surface area (Å²) in [6, 6.07) is 12.9. The molecule has 2 rings (SSSR count). The minimum atomic E-state index is -0.0661. The van der Waals surface area contributed by atoms with Crippen molar-refractivity contribution in [1.29, 1.82) is 0 Å². The maximum atomic E-state index is 11.6. The van der Waals surface area contributed by atoms with Gasteiger partial charge in [0.25, 0.3) is 0 Å². The lowest BCUT2D eigenvalue weighted by atomic mass is 9.94. The molecule has 0 spiro atoms. The van der Waals surface area contributed by atoms with Gasteiger partial charge >= 0.3 is 0 Å². The van der Waals surface area contributed by atoms with E-state index in [4.69, 9.17) is 4.74 Å². The molecule has 2 aromatic rings. The van der Waals surface area contributed by atoms with Crippen LogP contribution >= 0.6 is 0 Å². The first-order valence-corrected chi connectivity index (χ1v) is 6.61. The summed E-state index contributed by atoms with van der Waals surface area (Å²) in [6.07, 6.45) is 1.07. The van der Waals surface area contributed by atoms with E-state index < -0.39 is 0 Å². The zero-order valence-corrected chi connectivity index (χ0v) is 12.1. The van der Waals surface area contributed by atoms with Crippen molar-refractivity contribution in [2.75, 3.05) is 14.2 Å². The molecule has 0 bridgehead atoms.